The van der Waals surface area contributed by atoms with Gasteiger partial charge in [0.2, 0.25) is 0 Å². The maximum absolute atomic E-state index is 13.0. The van der Waals surface area contributed by atoms with E-state index in [-0.39, 0.29) is 11.9 Å². The van der Waals surface area contributed by atoms with Crippen molar-refractivity contribution in [3.8, 4) is 5.75 Å². The van der Waals surface area contributed by atoms with E-state index in [2.05, 4.69) is 0 Å². The third-order valence-electron chi connectivity index (χ3n) is 2.21. The molecule has 1 aromatic carbocycles. The molecule has 1 atom stereocenters. The summed E-state index contributed by atoms with van der Waals surface area (Å²) in [5.41, 5.74) is 6.43. The van der Waals surface area contributed by atoms with E-state index in [4.69, 9.17) is 15.2 Å². The fraction of sp³-hybridized carbons (Fsp3) is 0.500. The Balaban J connectivity index is 2.64. The van der Waals surface area contributed by atoms with Gasteiger partial charge in [0.05, 0.1) is 6.61 Å². The molecule has 4 heteroatoms. The molecule has 1 rings (SSSR count). The number of benzene rings is 1. The first-order valence-electron chi connectivity index (χ1n) is 5.32. The Hall–Kier alpha value is -1.13. The van der Waals surface area contributed by atoms with Gasteiger partial charge >= 0.3 is 0 Å². The third kappa shape index (κ3) is 3.79. The van der Waals surface area contributed by atoms with Gasteiger partial charge in [-0.15, -0.1) is 0 Å². The second-order valence-electron chi connectivity index (χ2n) is 3.67. The fourth-order valence-corrected chi connectivity index (χ4v) is 1.39. The molecule has 0 fully saturated rings. The van der Waals surface area contributed by atoms with Crippen molar-refractivity contribution in [3.05, 3.63) is 29.6 Å². The van der Waals surface area contributed by atoms with Crippen molar-refractivity contribution in [1.29, 1.82) is 0 Å². The molecule has 0 radical (unpaired) electrons. The number of ether oxygens (including phenoxy) is 2. The van der Waals surface area contributed by atoms with Gasteiger partial charge in [-0.1, -0.05) is 0 Å². The molecule has 3 nitrogen and oxygen atoms in total. The molecule has 1 aromatic rings. The van der Waals surface area contributed by atoms with Crippen molar-refractivity contribution in [1.82, 2.24) is 0 Å². The van der Waals surface area contributed by atoms with Crippen molar-refractivity contribution in [2.24, 2.45) is 5.73 Å². The standard InChI is InChI=1S/C12H18FNO2/c1-9(14)11-8-10(13)4-5-12(11)16-7-3-6-15-2/h4-5,8-9H,3,6-7,14H2,1-2H3/t9-/m0/s1. The van der Waals surface area contributed by atoms with Crippen molar-refractivity contribution in [2.75, 3.05) is 20.3 Å². The van der Waals surface area contributed by atoms with Gasteiger partial charge in [-0.2, -0.15) is 0 Å². The maximum Gasteiger partial charge on any atom is 0.124 e. The van der Waals surface area contributed by atoms with Crippen LogP contribution in [0.3, 0.4) is 0 Å². The van der Waals surface area contributed by atoms with E-state index in [1.807, 2.05) is 0 Å². The third-order valence-corrected chi connectivity index (χ3v) is 2.21. The quantitative estimate of drug-likeness (QED) is 0.758. The van der Waals surface area contributed by atoms with Crippen LogP contribution in [0.15, 0.2) is 18.2 Å². The molecule has 0 aliphatic heterocycles. The minimum atomic E-state index is -0.295. The smallest absolute Gasteiger partial charge is 0.124 e. The molecule has 0 aliphatic rings. The average Bonchev–Trinajstić information content (AvgIpc) is 2.26. The average molecular weight is 227 g/mol. The summed E-state index contributed by atoms with van der Waals surface area (Å²) >= 11 is 0. The predicted octanol–water partition coefficient (Wildman–Crippen LogP) is 2.26. The maximum atomic E-state index is 13.0. The second-order valence-corrected chi connectivity index (χ2v) is 3.67. The van der Waals surface area contributed by atoms with Gasteiger partial charge in [0.1, 0.15) is 11.6 Å². The molecule has 0 bridgehead atoms. The number of nitrogens with two attached hydrogens (primary N) is 1. The Labute approximate surface area is 95.4 Å². The topological polar surface area (TPSA) is 44.5 Å². The van der Waals surface area contributed by atoms with Crippen LogP contribution in [0.2, 0.25) is 0 Å². The van der Waals surface area contributed by atoms with E-state index in [1.54, 1.807) is 20.1 Å². The number of halogens is 1. The molecule has 0 heterocycles. The Morgan fingerprint density at radius 2 is 2.12 bits per heavy atom. The van der Waals surface area contributed by atoms with Crippen LogP contribution in [0.1, 0.15) is 24.9 Å². The van der Waals surface area contributed by atoms with Crippen LogP contribution in [0, 0.1) is 5.82 Å². The Bertz CT molecular complexity index is 329. The molecule has 0 unspecified atom stereocenters. The SMILES string of the molecule is COCCCOc1ccc(F)cc1[C@H](C)N. The first-order valence-corrected chi connectivity index (χ1v) is 5.32. The Kier molecular flexibility index (Phi) is 5.22. The van der Waals surface area contributed by atoms with Crippen LogP contribution >= 0.6 is 0 Å². The van der Waals surface area contributed by atoms with Crippen LogP contribution in [-0.4, -0.2) is 20.3 Å². The number of hydrogen-bond donors (Lipinski definition) is 1. The summed E-state index contributed by atoms with van der Waals surface area (Å²) < 4.78 is 23.5. The van der Waals surface area contributed by atoms with Crippen molar-refractivity contribution in [3.63, 3.8) is 0 Å². The summed E-state index contributed by atoms with van der Waals surface area (Å²) in [7, 11) is 1.64. The fourth-order valence-electron chi connectivity index (χ4n) is 1.39. The van der Waals surface area contributed by atoms with Gasteiger partial charge < -0.3 is 15.2 Å². The van der Waals surface area contributed by atoms with Gasteiger partial charge in [-0.3, -0.25) is 0 Å². The lowest BCUT2D eigenvalue weighted by molar-refractivity contribution is 0.171. The highest BCUT2D eigenvalue weighted by Crippen LogP contribution is 2.24. The molecule has 0 saturated heterocycles. The summed E-state index contributed by atoms with van der Waals surface area (Å²) in [4.78, 5) is 0. The van der Waals surface area contributed by atoms with Crippen LogP contribution in [0.4, 0.5) is 4.39 Å². The van der Waals surface area contributed by atoms with Gasteiger partial charge in [0.15, 0.2) is 0 Å². The minimum absolute atomic E-state index is 0.242. The first-order chi connectivity index (χ1) is 7.65. The molecular formula is C12H18FNO2. The van der Waals surface area contributed by atoms with Crippen LogP contribution in [-0.2, 0) is 4.74 Å². The highest BCUT2D eigenvalue weighted by molar-refractivity contribution is 5.36. The second kappa shape index (κ2) is 6.45. The Morgan fingerprint density at radius 3 is 2.75 bits per heavy atom. The lowest BCUT2D eigenvalue weighted by atomic mass is 10.1. The summed E-state index contributed by atoms with van der Waals surface area (Å²) in [5.74, 6) is 0.351. The number of hydrogen-bond acceptors (Lipinski definition) is 3. The Morgan fingerprint density at radius 1 is 1.38 bits per heavy atom. The zero-order valence-electron chi connectivity index (χ0n) is 9.70. The molecule has 0 amide bonds. The molecule has 0 spiro atoms. The zero-order valence-corrected chi connectivity index (χ0v) is 9.70. The van der Waals surface area contributed by atoms with Crippen LogP contribution in [0.25, 0.3) is 0 Å². The van der Waals surface area contributed by atoms with E-state index in [1.165, 1.54) is 12.1 Å². The lowest BCUT2D eigenvalue weighted by Crippen LogP contribution is -2.09. The van der Waals surface area contributed by atoms with Crippen LogP contribution < -0.4 is 10.5 Å². The van der Waals surface area contributed by atoms with E-state index < -0.39 is 0 Å². The highest BCUT2D eigenvalue weighted by atomic mass is 19.1. The number of methoxy groups -OCH3 is 1. The molecule has 90 valence electrons. The monoisotopic (exact) mass is 227 g/mol. The van der Waals surface area contributed by atoms with E-state index in [9.17, 15) is 4.39 Å². The molecule has 2 N–H and O–H groups in total. The van der Waals surface area contributed by atoms with E-state index in [0.717, 1.165) is 6.42 Å². The van der Waals surface area contributed by atoms with Crippen molar-refractivity contribution < 1.29 is 13.9 Å². The number of rotatable bonds is 6. The summed E-state index contributed by atoms with van der Waals surface area (Å²) in [6.45, 7) is 2.99. The molecular weight excluding hydrogens is 209 g/mol. The molecule has 0 aliphatic carbocycles. The first kappa shape index (κ1) is 12.9. The molecule has 0 saturated carbocycles. The summed E-state index contributed by atoms with van der Waals surface area (Å²) in [6.07, 6.45) is 0.798. The van der Waals surface area contributed by atoms with Gasteiger partial charge in [-0.05, 0) is 25.1 Å². The molecule has 0 aromatic heterocycles. The minimum Gasteiger partial charge on any atom is -0.493 e. The van der Waals surface area contributed by atoms with E-state index >= 15 is 0 Å². The van der Waals surface area contributed by atoms with Gasteiger partial charge in [-0.25, -0.2) is 4.39 Å². The highest BCUT2D eigenvalue weighted by Gasteiger charge is 2.09. The van der Waals surface area contributed by atoms with Gasteiger partial charge in [0, 0.05) is 31.7 Å². The summed E-state index contributed by atoms with van der Waals surface area (Å²) in [6, 6.07) is 4.16. The zero-order chi connectivity index (χ0) is 12.0. The van der Waals surface area contributed by atoms with Crippen LogP contribution in [0.5, 0.6) is 5.75 Å². The van der Waals surface area contributed by atoms with E-state index in [0.29, 0.717) is 24.5 Å². The largest absolute Gasteiger partial charge is 0.493 e. The van der Waals surface area contributed by atoms with Gasteiger partial charge in [0.25, 0.3) is 0 Å². The molecule has 16 heavy (non-hydrogen) atoms. The predicted molar refractivity (Wildman–Crippen MR) is 61.0 cm³/mol. The normalized spacial score (nSPS) is 12.5. The summed E-state index contributed by atoms with van der Waals surface area (Å²) in [5, 5.41) is 0. The lowest BCUT2D eigenvalue weighted by Gasteiger charge is -2.13. The van der Waals surface area contributed by atoms with Crippen molar-refractivity contribution in [2.45, 2.75) is 19.4 Å². The van der Waals surface area contributed by atoms with Crippen molar-refractivity contribution >= 4 is 0 Å².